The van der Waals surface area contributed by atoms with Crippen LogP contribution in [0.5, 0.6) is 0 Å². The molecule has 6 heteroatoms. The van der Waals surface area contributed by atoms with Crippen LogP contribution in [-0.4, -0.2) is 52.6 Å². The molecular formula is C22H28N4O2. The molecule has 2 aromatic rings. The van der Waals surface area contributed by atoms with Crippen LogP contribution in [0.15, 0.2) is 34.7 Å². The largest absolute Gasteiger partial charge is 0.419 e. The summed E-state index contributed by atoms with van der Waals surface area (Å²) in [6.45, 7) is 2.74. The van der Waals surface area contributed by atoms with E-state index in [0.717, 1.165) is 44.5 Å². The van der Waals surface area contributed by atoms with E-state index < -0.39 is 0 Å². The van der Waals surface area contributed by atoms with Gasteiger partial charge < -0.3 is 9.32 Å². The van der Waals surface area contributed by atoms with Gasteiger partial charge in [0, 0.05) is 36.5 Å². The van der Waals surface area contributed by atoms with Gasteiger partial charge in [-0.3, -0.25) is 9.69 Å². The molecule has 3 fully saturated rings. The minimum atomic E-state index is 0.136. The molecule has 0 N–H and O–H groups in total. The number of rotatable bonds is 3. The van der Waals surface area contributed by atoms with Crippen LogP contribution in [-0.2, 0) is 4.79 Å². The summed E-state index contributed by atoms with van der Waals surface area (Å²) in [4.78, 5) is 17.2. The van der Waals surface area contributed by atoms with Crippen molar-refractivity contribution < 1.29 is 9.21 Å². The first-order valence-corrected chi connectivity index (χ1v) is 10.5. The molecule has 3 heterocycles. The molecule has 2 aliphatic heterocycles. The Balaban J connectivity index is 1.24. The van der Waals surface area contributed by atoms with Crippen LogP contribution in [0.1, 0.15) is 50.5 Å². The van der Waals surface area contributed by atoms with E-state index in [2.05, 4.69) is 27.0 Å². The average Bonchev–Trinajstić information content (AvgIpc) is 3.32. The molecule has 1 aromatic heterocycles. The Bertz CT molecular complexity index is 837. The summed E-state index contributed by atoms with van der Waals surface area (Å²) in [6, 6.07) is 10.0. The van der Waals surface area contributed by atoms with Crippen molar-refractivity contribution >= 4 is 5.91 Å². The second-order valence-corrected chi connectivity index (χ2v) is 8.98. The van der Waals surface area contributed by atoms with Gasteiger partial charge in [0.05, 0.1) is 6.04 Å². The van der Waals surface area contributed by atoms with Crippen LogP contribution in [0.2, 0.25) is 0 Å². The maximum absolute atomic E-state index is 12.8. The molecular weight excluding hydrogens is 352 g/mol. The minimum absolute atomic E-state index is 0.136. The molecule has 5 rings (SSSR count). The van der Waals surface area contributed by atoms with E-state index in [9.17, 15) is 4.79 Å². The molecule has 0 bridgehead atoms. The minimum Gasteiger partial charge on any atom is -0.419 e. The highest BCUT2D eigenvalue weighted by Gasteiger charge is 2.53. The Labute approximate surface area is 165 Å². The van der Waals surface area contributed by atoms with Gasteiger partial charge in [-0.05, 0) is 38.4 Å². The van der Waals surface area contributed by atoms with Gasteiger partial charge in [-0.25, -0.2) is 0 Å². The number of benzene rings is 1. The van der Waals surface area contributed by atoms with Gasteiger partial charge in [-0.2, -0.15) is 0 Å². The molecule has 2 saturated heterocycles. The molecule has 1 atom stereocenters. The third-order valence-corrected chi connectivity index (χ3v) is 6.81. The van der Waals surface area contributed by atoms with Gasteiger partial charge in [-0.15, -0.1) is 10.2 Å². The highest BCUT2D eigenvalue weighted by molar-refractivity contribution is 5.80. The number of carbonyl (C=O) groups is 1. The van der Waals surface area contributed by atoms with E-state index in [1.54, 1.807) is 0 Å². The van der Waals surface area contributed by atoms with Crippen LogP contribution in [0.4, 0.5) is 0 Å². The topological polar surface area (TPSA) is 62.5 Å². The zero-order valence-corrected chi connectivity index (χ0v) is 16.5. The summed E-state index contributed by atoms with van der Waals surface area (Å²) >= 11 is 0. The van der Waals surface area contributed by atoms with E-state index in [1.807, 2.05) is 30.3 Å². The molecule has 148 valence electrons. The second-order valence-electron chi connectivity index (χ2n) is 8.98. The van der Waals surface area contributed by atoms with E-state index in [-0.39, 0.29) is 17.4 Å². The van der Waals surface area contributed by atoms with Gasteiger partial charge in [0.15, 0.2) is 0 Å². The van der Waals surface area contributed by atoms with Crippen molar-refractivity contribution in [1.82, 2.24) is 20.0 Å². The summed E-state index contributed by atoms with van der Waals surface area (Å²) in [5.74, 6) is 1.92. The third kappa shape index (κ3) is 3.13. The van der Waals surface area contributed by atoms with Gasteiger partial charge in [0.2, 0.25) is 17.7 Å². The number of hydrogen-bond acceptors (Lipinski definition) is 5. The lowest BCUT2D eigenvalue weighted by Gasteiger charge is -2.49. The number of amides is 1. The van der Waals surface area contributed by atoms with Crippen molar-refractivity contribution in [3.8, 4) is 11.5 Å². The lowest BCUT2D eigenvalue weighted by Crippen LogP contribution is -2.60. The quantitative estimate of drug-likeness (QED) is 0.815. The van der Waals surface area contributed by atoms with E-state index in [1.165, 1.54) is 19.3 Å². The Morgan fingerprint density at radius 3 is 2.57 bits per heavy atom. The van der Waals surface area contributed by atoms with Crippen molar-refractivity contribution in [3.63, 3.8) is 0 Å². The monoisotopic (exact) mass is 380 g/mol. The lowest BCUT2D eigenvalue weighted by molar-refractivity contribution is -0.148. The highest BCUT2D eigenvalue weighted by Crippen LogP contribution is 2.48. The van der Waals surface area contributed by atoms with Crippen molar-refractivity contribution in [2.24, 2.45) is 11.3 Å². The first-order chi connectivity index (χ1) is 13.6. The van der Waals surface area contributed by atoms with Crippen LogP contribution in [0.25, 0.3) is 11.5 Å². The van der Waals surface area contributed by atoms with Crippen molar-refractivity contribution in [1.29, 1.82) is 0 Å². The standard InChI is InChI=1S/C22H28N4O2/c1-25-13-22(14-26(15-22)21(27)17-10-6-3-7-11-17)12-18(25)20-24-23-19(28-20)16-8-4-2-5-9-16/h2,4-5,8-9,17-18H,3,6-7,10-15H2,1H3. The zero-order chi connectivity index (χ0) is 19.1. The Morgan fingerprint density at radius 2 is 1.82 bits per heavy atom. The highest BCUT2D eigenvalue weighted by atomic mass is 16.4. The molecule has 0 radical (unpaired) electrons. The maximum Gasteiger partial charge on any atom is 0.247 e. The third-order valence-electron chi connectivity index (χ3n) is 6.81. The maximum atomic E-state index is 12.8. The molecule has 28 heavy (non-hydrogen) atoms. The molecule has 3 aliphatic rings. The summed E-state index contributed by atoms with van der Waals surface area (Å²) in [5, 5.41) is 8.59. The Hall–Kier alpha value is -2.21. The summed E-state index contributed by atoms with van der Waals surface area (Å²) in [5.41, 5.74) is 1.13. The van der Waals surface area contributed by atoms with Gasteiger partial charge in [0.1, 0.15) is 0 Å². The van der Waals surface area contributed by atoms with Gasteiger partial charge in [-0.1, -0.05) is 37.5 Å². The molecule has 1 aliphatic carbocycles. The zero-order valence-electron chi connectivity index (χ0n) is 16.5. The summed E-state index contributed by atoms with van der Waals surface area (Å²) in [7, 11) is 2.12. The SMILES string of the molecule is CN1CC2(CC1c1nnc(-c3ccccc3)o1)CN(C(=O)C1CCCCC1)C2. The number of hydrogen-bond donors (Lipinski definition) is 0. The van der Waals surface area contributed by atoms with Gasteiger partial charge in [0.25, 0.3) is 0 Å². The Morgan fingerprint density at radius 1 is 1.07 bits per heavy atom. The summed E-state index contributed by atoms with van der Waals surface area (Å²) in [6.07, 6.45) is 6.84. The summed E-state index contributed by atoms with van der Waals surface area (Å²) < 4.78 is 6.01. The molecule has 6 nitrogen and oxygen atoms in total. The smallest absolute Gasteiger partial charge is 0.247 e. The second kappa shape index (κ2) is 6.99. The average molecular weight is 380 g/mol. The van der Waals surface area contributed by atoms with Crippen LogP contribution >= 0.6 is 0 Å². The van der Waals surface area contributed by atoms with E-state index >= 15 is 0 Å². The molecule has 1 aromatic carbocycles. The predicted octanol–water partition coefficient (Wildman–Crippen LogP) is 3.52. The lowest BCUT2D eigenvalue weighted by atomic mass is 9.76. The molecule has 1 amide bonds. The van der Waals surface area contributed by atoms with Crippen LogP contribution < -0.4 is 0 Å². The normalized spacial score (nSPS) is 25.2. The molecule has 1 saturated carbocycles. The van der Waals surface area contributed by atoms with E-state index in [4.69, 9.17) is 4.42 Å². The number of nitrogens with zero attached hydrogens (tertiary/aromatic N) is 4. The number of carbonyl (C=O) groups excluding carboxylic acids is 1. The van der Waals surface area contributed by atoms with E-state index in [0.29, 0.717) is 17.7 Å². The fourth-order valence-corrected chi connectivity index (χ4v) is 5.37. The van der Waals surface area contributed by atoms with Crippen LogP contribution in [0.3, 0.4) is 0 Å². The molecule has 1 spiro atoms. The fraction of sp³-hybridized carbons (Fsp3) is 0.591. The molecule has 1 unspecified atom stereocenters. The van der Waals surface area contributed by atoms with Crippen molar-refractivity contribution in [2.45, 2.75) is 44.6 Å². The first kappa shape index (κ1) is 17.9. The Kier molecular flexibility index (Phi) is 4.46. The van der Waals surface area contributed by atoms with Gasteiger partial charge >= 0.3 is 0 Å². The number of aromatic nitrogens is 2. The first-order valence-electron chi connectivity index (χ1n) is 10.5. The fourth-order valence-electron chi connectivity index (χ4n) is 5.37. The van der Waals surface area contributed by atoms with Crippen molar-refractivity contribution in [2.75, 3.05) is 26.7 Å². The predicted molar refractivity (Wildman–Crippen MR) is 105 cm³/mol. The van der Waals surface area contributed by atoms with Crippen LogP contribution in [0, 0.1) is 11.3 Å². The number of likely N-dealkylation sites (tertiary alicyclic amines) is 2. The van der Waals surface area contributed by atoms with Crippen molar-refractivity contribution in [3.05, 3.63) is 36.2 Å².